The van der Waals surface area contributed by atoms with Crippen LogP contribution in [0.5, 0.6) is 0 Å². The minimum absolute atomic E-state index is 0.0869. The molecule has 0 radical (unpaired) electrons. The highest BCUT2D eigenvalue weighted by Crippen LogP contribution is 2.28. The maximum absolute atomic E-state index is 13.5. The van der Waals surface area contributed by atoms with Crippen LogP contribution in [-0.4, -0.2) is 25.8 Å². The molecule has 1 aromatic rings. The molecule has 0 amide bonds. The number of hydrogen-bond donors (Lipinski definition) is 1. The fourth-order valence-electron chi connectivity index (χ4n) is 2.62. The number of hydrogen-bond acceptors (Lipinski definition) is 3. The van der Waals surface area contributed by atoms with Gasteiger partial charge in [-0.1, -0.05) is 13.3 Å². The topological polar surface area (TPSA) is 63.4 Å². The summed E-state index contributed by atoms with van der Waals surface area (Å²) in [6.07, 6.45) is 2.84. The zero-order chi connectivity index (χ0) is 14.9. The van der Waals surface area contributed by atoms with Crippen LogP contribution in [0.15, 0.2) is 17.0 Å². The summed E-state index contributed by atoms with van der Waals surface area (Å²) in [5.74, 6) is 0.0510. The van der Waals surface area contributed by atoms with Crippen molar-refractivity contribution in [2.45, 2.75) is 38.0 Å². The second-order valence-corrected chi connectivity index (χ2v) is 7.34. The van der Waals surface area contributed by atoms with Crippen molar-refractivity contribution in [3.05, 3.63) is 23.5 Å². The Hall–Kier alpha value is -1.14. The zero-order valence-corrected chi connectivity index (χ0v) is 12.7. The Bertz CT molecular complexity index is 570. The number of sulfonamides is 1. The number of rotatable bonds is 3. The fraction of sp³-hybridized carbons (Fsp3) is 0.571. The van der Waals surface area contributed by atoms with E-state index in [0.29, 0.717) is 19.0 Å². The first-order chi connectivity index (χ1) is 9.36. The van der Waals surface area contributed by atoms with E-state index in [4.69, 9.17) is 5.73 Å². The van der Waals surface area contributed by atoms with Crippen molar-refractivity contribution < 1.29 is 12.8 Å². The standard InChI is InChI=1S/C14H21FN2O2S/c1-3-11-4-6-17(7-5-11)20(18,19)12-8-10(2)14(15)13(16)9-12/h8-9,11H,3-7,16H2,1-2H3. The maximum atomic E-state index is 13.5. The van der Waals surface area contributed by atoms with E-state index in [1.807, 2.05) is 0 Å². The summed E-state index contributed by atoms with van der Waals surface area (Å²) in [5, 5.41) is 0. The first-order valence-electron chi connectivity index (χ1n) is 6.92. The molecule has 2 rings (SSSR count). The van der Waals surface area contributed by atoms with Gasteiger partial charge in [0.2, 0.25) is 10.0 Å². The molecule has 1 aliphatic heterocycles. The molecule has 1 fully saturated rings. The largest absolute Gasteiger partial charge is 0.396 e. The number of piperidine rings is 1. The molecule has 0 bridgehead atoms. The minimum atomic E-state index is -3.57. The zero-order valence-electron chi connectivity index (χ0n) is 11.9. The number of halogens is 1. The molecule has 4 nitrogen and oxygen atoms in total. The lowest BCUT2D eigenvalue weighted by Gasteiger charge is -2.30. The number of nitrogen functional groups attached to an aromatic ring is 1. The van der Waals surface area contributed by atoms with Crippen LogP contribution < -0.4 is 5.73 Å². The minimum Gasteiger partial charge on any atom is -0.396 e. The molecule has 20 heavy (non-hydrogen) atoms. The van der Waals surface area contributed by atoms with Crippen LogP contribution in [-0.2, 0) is 10.0 Å². The van der Waals surface area contributed by atoms with Gasteiger partial charge in [0.05, 0.1) is 10.6 Å². The summed E-state index contributed by atoms with van der Waals surface area (Å²) in [6.45, 7) is 4.70. The Morgan fingerprint density at radius 1 is 1.35 bits per heavy atom. The van der Waals surface area contributed by atoms with E-state index in [1.54, 1.807) is 0 Å². The van der Waals surface area contributed by atoms with Gasteiger partial charge in [-0.2, -0.15) is 4.31 Å². The Labute approximate surface area is 119 Å². The molecule has 0 atom stereocenters. The van der Waals surface area contributed by atoms with Crippen LogP contribution in [0.2, 0.25) is 0 Å². The van der Waals surface area contributed by atoms with Gasteiger partial charge in [0.1, 0.15) is 5.82 Å². The third-order valence-electron chi connectivity index (χ3n) is 4.04. The highest BCUT2D eigenvalue weighted by Gasteiger charge is 2.29. The van der Waals surface area contributed by atoms with Gasteiger partial charge < -0.3 is 5.73 Å². The van der Waals surface area contributed by atoms with Gasteiger partial charge in [0, 0.05) is 13.1 Å². The number of aryl methyl sites for hydroxylation is 1. The van der Waals surface area contributed by atoms with E-state index in [-0.39, 0.29) is 16.1 Å². The van der Waals surface area contributed by atoms with Crippen LogP contribution in [0.3, 0.4) is 0 Å². The number of benzene rings is 1. The lowest BCUT2D eigenvalue weighted by molar-refractivity contribution is 0.269. The van der Waals surface area contributed by atoms with E-state index in [0.717, 1.165) is 19.3 Å². The van der Waals surface area contributed by atoms with Crippen LogP contribution in [0.4, 0.5) is 10.1 Å². The monoisotopic (exact) mass is 300 g/mol. The Kier molecular flexibility index (Phi) is 4.34. The number of nitrogens with two attached hydrogens (primary N) is 1. The second-order valence-electron chi connectivity index (χ2n) is 5.40. The molecule has 0 aromatic heterocycles. The van der Waals surface area contributed by atoms with Crippen molar-refractivity contribution in [1.29, 1.82) is 0 Å². The van der Waals surface area contributed by atoms with Gasteiger partial charge in [-0.25, -0.2) is 12.8 Å². The van der Waals surface area contributed by atoms with Crippen molar-refractivity contribution in [2.24, 2.45) is 5.92 Å². The van der Waals surface area contributed by atoms with E-state index >= 15 is 0 Å². The molecule has 2 N–H and O–H groups in total. The van der Waals surface area contributed by atoms with Gasteiger partial charge in [0.15, 0.2) is 0 Å². The van der Waals surface area contributed by atoms with Crippen molar-refractivity contribution >= 4 is 15.7 Å². The van der Waals surface area contributed by atoms with E-state index in [9.17, 15) is 12.8 Å². The molecule has 6 heteroatoms. The second kappa shape index (κ2) is 5.69. The van der Waals surface area contributed by atoms with Gasteiger partial charge in [-0.05, 0) is 43.4 Å². The Morgan fingerprint density at radius 2 is 1.95 bits per heavy atom. The van der Waals surface area contributed by atoms with Crippen LogP contribution in [0, 0.1) is 18.7 Å². The number of anilines is 1. The van der Waals surface area contributed by atoms with E-state index < -0.39 is 15.8 Å². The highest BCUT2D eigenvalue weighted by atomic mass is 32.2. The molecule has 0 aliphatic carbocycles. The average molecular weight is 300 g/mol. The van der Waals surface area contributed by atoms with Crippen molar-refractivity contribution in [3.63, 3.8) is 0 Å². The van der Waals surface area contributed by atoms with Crippen molar-refractivity contribution in [1.82, 2.24) is 4.31 Å². The van der Waals surface area contributed by atoms with Gasteiger partial charge in [-0.3, -0.25) is 0 Å². The summed E-state index contributed by atoms with van der Waals surface area (Å²) < 4.78 is 40.1. The fourth-order valence-corrected chi connectivity index (χ4v) is 4.21. The van der Waals surface area contributed by atoms with Gasteiger partial charge >= 0.3 is 0 Å². The molecule has 1 heterocycles. The molecular formula is C14H21FN2O2S. The normalized spacial score (nSPS) is 18.4. The van der Waals surface area contributed by atoms with Crippen molar-refractivity contribution in [3.8, 4) is 0 Å². The lowest BCUT2D eigenvalue weighted by atomic mass is 9.96. The van der Waals surface area contributed by atoms with Gasteiger partial charge in [0.25, 0.3) is 0 Å². The summed E-state index contributed by atoms with van der Waals surface area (Å²) >= 11 is 0. The quantitative estimate of drug-likeness (QED) is 0.872. The Balaban J connectivity index is 2.27. The van der Waals surface area contributed by atoms with Crippen LogP contribution >= 0.6 is 0 Å². The van der Waals surface area contributed by atoms with Crippen LogP contribution in [0.25, 0.3) is 0 Å². The molecule has 0 saturated carbocycles. The van der Waals surface area contributed by atoms with E-state index in [1.165, 1.54) is 23.4 Å². The molecule has 1 aromatic carbocycles. The number of nitrogens with zero attached hydrogens (tertiary/aromatic N) is 1. The predicted molar refractivity (Wildman–Crippen MR) is 77.3 cm³/mol. The SMILES string of the molecule is CCC1CCN(S(=O)(=O)c2cc(C)c(F)c(N)c2)CC1. The van der Waals surface area contributed by atoms with Crippen molar-refractivity contribution in [2.75, 3.05) is 18.8 Å². The van der Waals surface area contributed by atoms with Gasteiger partial charge in [-0.15, -0.1) is 0 Å². The highest BCUT2D eigenvalue weighted by molar-refractivity contribution is 7.89. The lowest BCUT2D eigenvalue weighted by Crippen LogP contribution is -2.38. The summed E-state index contributed by atoms with van der Waals surface area (Å²) in [6, 6.07) is 2.57. The van der Waals surface area contributed by atoms with Crippen LogP contribution in [0.1, 0.15) is 31.7 Å². The third kappa shape index (κ3) is 2.81. The summed E-state index contributed by atoms with van der Waals surface area (Å²) in [4.78, 5) is 0.0869. The molecule has 0 unspecified atom stereocenters. The molecule has 0 spiro atoms. The Morgan fingerprint density at radius 3 is 2.45 bits per heavy atom. The summed E-state index contributed by atoms with van der Waals surface area (Å²) in [5.41, 5.74) is 5.67. The first-order valence-corrected chi connectivity index (χ1v) is 8.36. The predicted octanol–water partition coefficient (Wildman–Crippen LogP) is 2.53. The molecule has 1 aliphatic rings. The molecule has 1 saturated heterocycles. The molecular weight excluding hydrogens is 279 g/mol. The smallest absolute Gasteiger partial charge is 0.243 e. The summed E-state index contributed by atoms with van der Waals surface area (Å²) in [7, 11) is -3.57. The third-order valence-corrected chi connectivity index (χ3v) is 5.92. The van der Waals surface area contributed by atoms with E-state index in [2.05, 4.69) is 6.92 Å². The molecule has 112 valence electrons. The maximum Gasteiger partial charge on any atom is 0.243 e. The average Bonchev–Trinajstić information content (AvgIpc) is 2.44. The first kappa shape index (κ1) is 15.3.